The van der Waals surface area contributed by atoms with E-state index in [2.05, 4.69) is 11.3 Å². The number of nitrogens with one attached hydrogen (secondary N) is 1. The van der Waals surface area contributed by atoms with E-state index >= 15 is 0 Å². The van der Waals surface area contributed by atoms with Gasteiger partial charge in [-0.1, -0.05) is 6.08 Å². The second-order valence-corrected chi connectivity index (χ2v) is 5.63. The molecule has 0 aromatic carbocycles. The van der Waals surface area contributed by atoms with Crippen LogP contribution >= 0.6 is 0 Å². The third-order valence-electron chi connectivity index (χ3n) is 1.24. The standard InChI is InChI=1S/C8H16BNOS/c1-5-6-7(9)10-12(11)8(2,3)4/h5,7,10H,1,6H2,2-4H3/t7-,12-/m1/s1. The van der Waals surface area contributed by atoms with Crippen LogP contribution in [0, 0.1) is 0 Å². The summed E-state index contributed by atoms with van der Waals surface area (Å²) in [7, 11) is 4.51. The van der Waals surface area contributed by atoms with Gasteiger partial charge in [-0.15, -0.1) is 6.58 Å². The maximum Gasteiger partial charge on any atom is 0.0965 e. The zero-order valence-corrected chi connectivity index (χ0v) is 8.78. The van der Waals surface area contributed by atoms with Gasteiger partial charge in [-0.3, -0.25) is 0 Å². The van der Waals surface area contributed by atoms with E-state index in [4.69, 9.17) is 7.85 Å². The molecular formula is C8H16BNOS. The Balaban J connectivity index is 3.92. The lowest BCUT2D eigenvalue weighted by molar-refractivity contribution is 0.630. The van der Waals surface area contributed by atoms with Crippen molar-refractivity contribution in [3.63, 3.8) is 0 Å². The van der Waals surface area contributed by atoms with Gasteiger partial charge in [0, 0.05) is 0 Å². The first kappa shape index (κ1) is 11.9. The molecule has 0 rings (SSSR count). The van der Waals surface area contributed by atoms with Crippen LogP contribution in [0.1, 0.15) is 27.2 Å². The van der Waals surface area contributed by atoms with Gasteiger partial charge in [-0.05, 0) is 33.1 Å². The van der Waals surface area contributed by atoms with E-state index < -0.39 is 11.0 Å². The number of hydrogen-bond donors (Lipinski definition) is 1. The van der Waals surface area contributed by atoms with Crippen molar-refractivity contribution in [3.8, 4) is 0 Å². The Hall–Kier alpha value is -0.0851. The molecule has 0 amide bonds. The molecule has 0 saturated carbocycles. The van der Waals surface area contributed by atoms with E-state index in [9.17, 15) is 4.21 Å². The van der Waals surface area contributed by atoms with Crippen LogP contribution in [0.2, 0.25) is 0 Å². The molecule has 2 nitrogen and oxygen atoms in total. The quantitative estimate of drug-likeness (QED) is 0.515. The van der Waals surface area contributed by atoms with Crippen LogP contribution in [0.25, 0.3) is 0 Å². The van der Waals surface area contributed by atoms with Gasteiger partial charge in [0.25, 0.3) is 0 Å². The molecule has 0 unspecified atom stereocenters. The Bertz CT molecular complexity index is 176. The predicted molar refractivity (Wildman–Crippen MR) is 55.4 cm³/mol. The minimum absolute atomic E-state index is 0.262. The summed E-state index contributed by atoms with van der Waals surface area (Å²) < 4.78 is 14.0. The van der Waals surface area contributed by atoms with Crippen molar-refractivity contribution in [1.82, 2.24) is 4.72 Å². The molecule has 2 radical (unpaired) electrons. The summed E-state index contributed by atoms with van der Waals surface area (Å²) in [5, 5.41) is 0. The molecule has 0 aromatic heterocycles. The maximum atomic E-state index is 11.4. The van der Waals surface area contributed by atoms with Gasteiger partial charge in [0.05, 0.1) is 23.6 Å². The molecule has 0 heterocycles. The molecule has 4 heteroatoms. The summed E-state index contributed by atoms with van der Waals surface area (Å²) in [5.74, 6) is -0.262. The normalized spacial score (nSPS) is 16.9. The highest BCUT2D eigenvalue weighted by Crippen LogP contribution is 2.09. The highest BCUT2D eigenvalue weighted by molar-refractivity contribution is 7.84. The number of hydrogen-bond acceptors (Lipinski definition) is 1. The van der Waals surface area contributed by atoms with Crippen molar-refractivity contribution in [2.75, 3.05) is 0 Å². The molecular weight excluding hydrogens is 169 g/mol. The lowest BCUT2D eigenvalue weighted by Crippen LogP contribution is -2.39. The van der Waals surface area contributed by atoms with Gasteiger partial charge >= 0.3 is 0 Å². The van der Waals surface area contributed by atoms with Gasteiger partial charge in [0.15, 0.2) is 0 Å². The average molecular weight is 185 g/mol. The largest absolute Gasteiger partial charge is 0.243 e. The average Bonchev–Trinajstić information content (AvgIpc) is 1.85. The zero-order chi connectivity index (χ0) is 9.78. The van der Waals surface area contributed by atoms with Gasteiger partial charge in [0.1, 0.15) is 0 Å². The SMILES string of the molecule is [B][C@@H](CC=C)N[S@](=O)C(C)(C)C. The molecule has 0 bridgehead atoms. The smallest absolute Gasteiger partial charge is 0.0965 e. The van der Waals surface area contributed by atoms with E-state index in [1.165, 1.54) is 0 Å². The fraction of sp³-hybridized carbons (Fsp3) is 0.750. The molecule has 0 fully saturated rings. The molecule has 0 aliphatic carbocycles. The summed E-state index contributed by atoms with van der Waals surface area (Å²) in [4.78, 5) is 0. The molecule has 2 atom stereocenters. The molecule has 12 heavy (non-hydrogen) atoms. The molecule has 0 aliphatic heterocycles. The van der Waals surface area contributed by atoms with E-state index in [1.54, 1.807) is 6.08 Å². The van der Waals surface area contributed by atoms with Crippen LogP contribution in [0.3, 0.4) is 0 Å². The molecule has 0 spiro atoms. The van der Waals surface area contributed by atoms with Crippen molar-refractivity contribution < 1.29 is 4.21 Å². The first-order valence-corrected chi connectivity index (χ1v) is 5.07. The van der Waals surface area contributed by atoms with Gasteiger partial charge in [-0.25, -0.2) is 8.93 Å². The Labute approximate surface area is 78.8 Å². The third-order valence-corrected chi connectivity index (χ3v) is 2.86. The monoisotopic (exact) mass is 185 g/mol. The Morgan fingerprint density at radius 3 is 2.50 bits per heavy atom. The summed E-state index contributed by atoms with van der Waals surface area (Å²) in [6, 6.07) is 0. The maximum absolute atomic E-state index is 11.4. The second kappa shape index (κ2) is 4.82. The minimum atomic E-state index is -1.09. The molecule has 1 N–H and O–H groups in total. The van der Waals surface area contributed by atoms with E-state index in [1.807, 2.05) is 20.8 Å². The third kappa shape index (κ3) is 4.72. The predicted octanol–water partition coefficient (Wildman–Crippen LogP) is 1.11. The van der Waals surface area contributed by atoms with E-state index in [0.717, 1.165) is 0 Å². The van der Waals surface area contributed by atoms with Crippen LogP contribution in [0.5, 0.6) is 0 Å². The Morgan fingerprint density at radius 2 is 2.17 bits per heavy atom. The minimum Gasteiger partial charge on any atom is -0.243 e. The fourth-order valence-electron chi connectivity index (χ4n) is 0.542. The fourth-order valence-corrected chi connectivity index (χ4v) is 1.27. The van der Waals surface area contributed by atoms with Crippen LogP contribution < -0.4 is 4.72 Å². The molecule has 68 valence electrons. The first-order chi connectivity index (χ1) is 5.38. The number of rotatable bonds is 4. The Morgan fingerprint density at radius 1 is 1.67 bits per heavy atom. The van der Waals surface area contributed by atoms with Crippen LogP contribution in [-0.2, 0) is 11.0 Å². The van der Waals surface area contributed by atoms with Crippen molar-refractivity contribution in [2.45, 2.75) is 37.9 Å². The summed E-state index contributed by atoms with van der Waals surface area (Å²) in [6.45, 7) is 9.25. The van der Waals surface area contributed by atoms with Gasteiger partial charge < -0.3 is 0 Å². The lowest BCUT2D eigenvalue weighted by Gasteiger charge is -2.21. The van der Waals surface area contributed by atoms with Crippen LogP contribution in [0.4, 0.5) is 0 Å². The van der Waals surface area contributed by atoms with E-state index in [-0.39, 0.29) is 10.7 Å². The molecule has 0 aromatic rings. The van der Waals surface area contributed by atoms with Crippen molar-refractivity contribution >= 4 is 18.8 Å². The van der Waals surface area contributed by atoms with Crippen LogP contribution in [-0.4, -0.2) is 22.7 Å². The van der Waals surface area contributed by atoms with Gasteiger partial charge in [0.2, 0.25) is 0 Å². The van der Waals surface area contributed by atoms with E-state index in [0.29, 0.717) is 6.42 Å². The molecule has 0 saturated heterocycles. The Kier molecular flexibility index (Phi) is 4.79. The van der Waals surface area contributed by atoms with Crippen molar-refractivity contribution in [2.24, 2.45) is 0 Å². The summed E-state index contributed by atoms with van der Waals surface area (Å²) in [5.41, 5.74) is 0. The second-order valence-electron chi connectivity index (χ2n) is 3.63. The highest BCUT2D eigenvalue weighted by Gasteiger charge is 2.20. The van der Waals surface area contributed by atoms with Gasteiger partial charge in [-0.2, -0.15) is 0 Å². The summed E-state index contributed by atoms with van der Waals surface area (Å²) >= 11 is 0. The topological polar surface area (TPSA) is 29.1 Å². The molecule has 0 aliphatic rings. The first-order valence-electron chi connectivity index (χ1n) is 3.92. The lowest BCUT2D eigenvalue weighted by atomic mass is 9.95. The van der Waals surface area contributed by atoms with Crippen molar-refractivity contribution in [3.05, 3.63) is 12.7 Å². The highest BCUT2D eigenvalue weighted by atomic mass is 32.2. The van der Waals surface area contributed by atoms with Crippen LogP contribution in [0.15, 0.2) is 12.7 Å². The van der Waals surface area contributed by atoms with Crippen molar-refractivity contribution in [1.29, 1.82) is 0 Å². The summed E-state index contributed by atoms with van der Waals surface area (Å²) in [6.07, 6.45) is 2.33. The zero-order valence-electron chi connectivity index (χ0n) is 7.96.